The van der Waals surface area contributed by atoms with Crippen LogP contribution in [0.25, 0.3) is 0 Å². The van der Waals surface area contributed by atoms with E-state index < -0.39 is 23.8 Å². The number of esters is 1. The number of nitrogens with zero attached hydrogens (tertiary/aromatic N) is 2. The number of amides is 2. The maximum atomic E-state index is 13.9. The smallest absolute Gasteiger partial charge is 0.309 e. The monoisotopic (exact) mass is 652 g/mol. The highest BCUT2D eigenvalue weighted by Gasteiger charge is 2.47. The van der Waals surface area contributed by atoms with E-state index in [0.29, 0.717) is 25.2 Å². The Morgan fingerprint density at radius 3 is 2.17 bits per heavy atom. The molecule has 0 N–H and O–H groups in total. The topological polar surface area (TPSA) is 121 Å². The van der Waals surface area contributed by atoms with E-state index in [9.17, 15) is 19.2 Å². The number of piperidine rings is 1. The summed E-state index contributed by atoms with van der Waals surface area (Å²) >= 11 is 0. The van der Waals surface area contributed by atoms with Gasteiger partial charge in [0.25, 0.3) is 11.7 Å². The van der Waals surface area contributed by atoms with Crippen LogP contribution in [0, 0.1) is 5.92 Å². The number of likely N-dealkylation sites (tertiary alicyclic amines) is 1. The lowest BCUT2D eigenvalue weighted by molar-refractivity contribution is -0.162. The van der Waals surface area contributed by atoms with Crippen LogP contribution in [-0.4, -0.2) is 92.6 Å². The lowest BCUT2D eigenvalue weighted by atomic mass is 9.89. The summed E-state index contributed by atoms with van der Waals surface area (Å²) in [4.78, 5) is 57.4. The van der Waals surface area contributed by atoms with Gasteiger partial charge in [0, 0.05) is 12.1 Å². The maximum absolute atomic E-state index is 13.9. The molecule has 0 aromatic heterocycles. The molecular formula is C36H48N2O9. The number of benzene rings is 2. The molecule has 2 heterocycles. The first-order valence-electron chi connectivity index (χ1n) is 16.5. The first kappa shape index (κ1) is 35.7. The van der Waals surface area contributed by atoms with Gasteiger partial charge in [0.2, 0.25) is 11.7 Å². The molecule has 0 saturated carbocycles. The Hall–Kier alpha value is -4.12. The van der Waals surface area contributed by atoms with Crippen LogP contribution < -0.4 is 14.2 Å². The lowest BCUT2D eigenvalue weighted by Gasteiger charge is -2.49. The molecule has 2 aliphatic heterocycles. The zero-order valence-corrected chi connectivity index (χ0v) is 28.2. The first-order chi connectivity index (χ1) is 22.8. The van der Waals surface area contributed by atoms with E-state index >= 15 is 0 Å². The molecule has 3 unspecified atom stereocenters. The second kappa shape index (κ2) is 17.2. The molecule has 11 heteroatoms. The van der Waals surface area contributed by atoms with Crippen molar-refractivity contribution < 1.29 is 42.9 Å². The summed E-state index contributed by atoms with van der Waals surface area (Å²) < 4.78 is 28.1. The Morgan fingerprint density at radius 1 is 0.915 bits per heavy atom. The molecule has 2 saturated heterocycles. The van der Waals surface area contributed by atoms with Gasteiger partial charge in [-0.25, -0.2) is 0 Å². The second-order valence-electron chi connectivity index (χ2n) is 12.1. The molecule has 2 fully saturated rings. The van der Waals surface area contributed by atoms with Crippen LogP contribution in [0.1, 0.15) is 74.7 Å². The SMILES string of the molecule is CCCC(CCC)C(=O)OCC(CN1CC2CCCC(C1=O)N2C(=O)C(=O)c1cc(OC)c(OC)c(OC)c1)OCc1ccccc1. The quantitative estimate of drug-likeness (QED) is 0.134. The van der Waals surface area contributed by atoms with Crippen molar-refractivity contribution in [3.05, 3.63) is 53.6 Å². The summed E-state index contributed by atoms with van der Waals surface area (Å²) in [6.45, 7) is 4.84. The van der Waals surface area contributed by atoms with Crippen LogP contribution in [0.4, 0.5) is 0 Å². The predicted octanol–water partition coefficient (Wildman–Crippen LogP) is 4.83. The van der Waals surface area contributed by atoms with Gasteiger partial charge in [0.15, 0.2) is 11.5 Å². The number of carbonyl (C=O) groups excluding carboxylic acids is 4. The Labute approximate surface area is 277 Å². The number of rotatable bonds is 17. The van der Waals surface area contributed by atoms with Gasteiger partial charge in [0.1, 0.15) is 18.8 Å². The fraction of sp³-hybridized carbons (Fsp3) is 0.556. The molecular weight excluding hydrogens is 604 g/mol. The van der Waals surface area contributed by atoms with Crippen molar-refractivity contribution in [2.24, 2.45) is 5.92 Å². The molecule has 47 heavy (non-hydrogen) atoms. The van der Waals surface area contributed by atoms with Gasteiger partial charge in [-0.2, -0.15) is 0 Å². The summed E-state index contributed by atoms with van der Waals surface area (Å²) in [7, 11) is 4.32. The highest BCUT2D eigenvalue weighted by atomic mass is 16.6. The largest absolute Gasteiger partial charge is 0.493 e. The zero-order valence-electron chi connectivity index (χ0n) is 28.2. The standard InChI is InChI=1S/C36H48N2O9/c1-6-12-25(13-7-2)36(42)47-23-28(46-22-24-14-9-8-10-15-24)21-37-20-27-16-11-17-29(34(37)40)38(27)35(41)32(39)26-18-30(43-3)33(45-5)31(19-26)44-4/h8-10,14-15,18-19,25,27-29H,6-7,11-13,16-17,20-23H2,1-5H3. The van der Waals surface area contributed by atoms with Crippen molar-refractivity contribution >= 4 is 23.6 Å². The first-order valence-corrected chi connectivity index (χ1v) is 16.5. The summed E-state index contributed by atoms with van der Waals surface area (Å²) in [6.07, 6.45) is 4.57. The second-order valence-corrected chi connectivity index (χ2v) is 12.1. The fourth-order valence-electron chi connectivity index (χ4n) is 6.54. The lowest BCUT2D eigenvalue weighted by Crippen LogP contribution is -2.67. The number of hydrogen-bond donors (Lipinski definition) is 0. The van der Waals surface area contributed by atoms with E-state index in [-0.39, 0.29) is 60.6 Å². The highest BCUT2D eigenvalue weighted by Crippen LogP contribution is 2.39. The fourth-order valence-corrected chi connectivity index (χ4v) is 6.54. The molecule has 0 radical (unpaired) electrons. The minimum atomic E-state index is -0.781. The molecule has 0 aliphatic carbocycles. The van der Waals surface area contributed by atoms with Gasteiger partial charge in [0.05, 0.1) is 46.4 Å². The van der Waals surface area contributed by atoms with Crippen molar-refractivity contribution in [2.75, 3.05) is 41.0 Å². The van der Waals surface area contributed by atoms with Crippen molar-refractivity contribution in [1.29, 1.82) is 0 Å². The molecule has 0 spiro atoms. The molecule has 11 nitrogen and oxygen atoms in total. The van der Waals surface area contributed by atoms with Gasteiger partial charge in [-0.05, 0) is 49.8 Å². The average molecular weight is 653 g/mol. The van der Waals surface area contributed by atoms with Gasteiger partial charge in [-0.3, -0.25) is 19.2 Å². The Kier molecular flexibility index (Phi) is 13.0. The summed E-state index contributed by atoms with van der Waals surface area (Å²) in [5, 5.41) is 0. The van der Waals surface area contributed by atoms with E-state index in [2.05, 4.69) is 0 Å². The summed E-state index contributed by atoms with van der Waals surface area (Å²) in [5.41, 5.74) is 1.04. The van der Waals surface area contributed by atoms with Gasteiger partial charge in [-0.15, -0.1) is 0 Å². The van der Waals surface area contributed by atoms with Crippen LogP contribution in [0.15, 0.2) is 42.5 Å². The molecule has 2 bridgehead atoms. The molecule has 3 atom stereocenters. The number of Topliss-reactive ketones (excluding diaryl/α,β-unsaturated/α-hetero) is 1. The number of ketones is 1. The molecule has 2 aliphatic rings. The van der Waals surface area contributed by atoms with Crippen molar-refractivity contribution in [2.45, 2.75) is 83.6 Å². The van der Waals surface area contributed by atoms with Gasteiger partial charge >= 0.3 is 5.97 Å². The molecule has 4 rings (SSSR count). The van der Waals surface area contributed by atoms with Crippen LogP contribution in [-0.2, 0) is 30.5 Å². The number of carbonyl (C=O) groups is 4. The molecule has 2 aromatic rings. The van der Waals surface area contributed by atoms with Crippen LogP contribution in [0.2, 0.25) is 0 Å². The maximum Gasteiger partial charge on any atom is 0.309 e. The summed E-state index contributed by atoms with van der Waals surface area (Å²) in [6, 6.07) is 11.4. The average Bonchev–Trinajstić information content (AvgIpc) is 3.10. The van der Waals surface area contributed by atoms with Crippen molar-refractivity contribution in [1.82, 2.24) is 9.80 Å². The Bertz CT molecular complexity index is 1350. The van der Waals surface area contributed by atoms with Gasteiger partial charge < -0.3 is 33.5 Å². The third-order valence-corrected chi connectivity index (χ3v) is 8.90. The zero-order chi connectivity index (χ0) is 33.9. The van der Waals surface area contributed by atoms with E-state index in [4.69, 9.17) is 23.7 Å². The Morgan fingerprint density at radius 2 is 1.57 bits per heavy atom. The van der Waals surface area contributed by atoms with Crippen LogP contribution in [0.3, 0.4) is 0 Å². The number of fused-ring (bicyclic) bond motifs is 2. The van der Waals surface area contributed by atoms with Crippen molar-refractivity contribution in [3.8, 4) is 17.2 Å². The number of hydrogen-bond acceptors (Lipinski definition) is 9. The van der Waals surface area contributed by atoms with E-state index in [0.717, 1.165) is 37.7 Å². The molecule has 2 amide bonds. The Balaban J connectivity index is 1.50. The van der Waals surface area contributed by atoms with E-state index in [1.54, 1.807) is 4.90 Å². The number of piperazine rings is 1. The van der Waals surface area contributed by atoms with Gasteiger partial charge in [-0.1, -0.05) is 57.0 Å². The minimum absolute atomic E-state index is 0.0109. The van der Waals surface area contributed by atoms with Crippen LogP contribution >= 0.6 is 0 Å². The predicted molar refractivity (Wildman–Crippen MR) is 175 cm³/mol. The third-order valence-electron chi connectivity index (χ3n) is 8.90. The van der Waals surface area contributed by atoms with Crippen molar-refractivity contribution in [3.63, 3.8) is 0 Å². The summed E-state index contributed by atoms with van der Waals surface area (Å²) in [5.74, 6) is -1.35. The minimum Gasteiger partial charge on any atom is -0.493 e. The normalized spacial score (nSPS) is 18.1. The number of ether oxygens (including phenoxy) is 5. The van der Waals surface area contributed by atoms with E-state index in [1.807, 2.05) is 44.2 Å². The number of methoxy groups -OCH3 is 3. The van der Waals surface area contributed by atoms with Crippen LogP contribution in [0.5, 0.6) is 17.2 Å². The third kappa shape index (κ3) is 8.62. The molecule has 2 aromatic carbocycles. The van der Waals surface area contributed by atoms with E-state index in [1.165, 1.54) is 38.4 Å². The molecule has 256 valence electrons. The highest BCUT2D eigenvalue weighted by molar-refractivity contribution is 6.43.